The summed E-state index contributed by atoms with van der Waals surface area (Å²) in [4.78, 5) is 8.36. The fraction of sp³-hybridized carbons (Fsp3) is 0.176. The molecule has 0 fully saturated rings. The SMILES string of the molecule is CCC(O)(c1ccc(F)cn1)c1cccc2ncccc12. The highest BCUT2D eigenvalue weighted by atomic mass is 19.1. The smallest absolute Gasteiger partial charge is 0.141 e. The summed E-state index contributed by atoms with van der Waals surface area (Å²) < 4.78 is 13.1. The molecule has 0 radical (unpaired) electrons. The molecule has 0 bridgehead atoms. The molecule has 0 saturated heterocycles. The van der Waals surface area contributed by atoms with Crippen molar-refractivity contribution in [3.8, 4) is 0 Å². The Labute approximate surface area is 122 Å². The monoisotopic (exact) mass is 282 g/mol. The minimum Gasteiger partial charge on any atom is -0.379 e. The van der Waals surface area contributed by atoms with Crippen LogP contribution in [0.3, 0.4) is 0 Å². The average molecular weight is 282 g/mol. The van der Waals surface area contributed by atoms with Crippen molar-refractivity contribution in [2.24, 2.45) is 0 Å². The zero-order chi connectivity index (χ0) is 14.9. The van der Waals surface area contributed by atoms with E-state index in [1.165, 1.54) is 12.1 Å². The molecule has 1 aromatic carbocycles. The van der Waals surface area contributed by atoms with Crippen molar-refractivity contribution in [2.75, 3.05) is 0 Å². The fourth-order valence-corrected chi connectivity index (χ4v) is 2.59. The van der Waals surface area contributed by atoms with Crippen LogP contribution in [-0.4, -0.2) is 15.1 Å². The largest absolute Gasteiger partial charge is 0.379 e. The van der Waals surface area contributed by atoms with Gasteiger partial charge < -0.3 is 5.11 Å². The van der Waals surface area contributed by atoms with E-state index in [0.717, 1.165) is 22.7 Å². The van der Waals surface area contributed by atoms with E-state index in [4.69, 9.17) is 0 Å². The van der Waals surface area contributed by atoms with Crippen LogP contribution in [0.5, 0.6) is 0 Å². The van der Waals surface area contributed by atoms with Crippen LogP contribution in [-0.2, 0) is 5.60 Å². The first-order valence-corrected chi connectivity index (χ1v) is 6.84. The summed E-state index contributed by atoms with van der Waals surface area (Å²) in [6.07, 6.45) is 3.27. The van der Waals surface area contributed by atoms with Crippen LogP contribution in [0, 0.1) is 5.82 Å². The number of hydrogen-bond acceptors (Lipinski definition) is 3. The molecule has 3 rings (SSSR count). The number of nitrogens with zero attached hydrogens (tertiary/aromatic N) is 2. The van der Waals surface area contributed by atoms with Gasteiger partial charge in [0.2, 0.25) is 0 Å². The van der Waals surface area contributed by atoms with Crippen LogP contribution in [0.15, 0.2) is 54.9 Å². The second-order valence-corrected chi connectivity index (χ2v) is 4.95. The van der Waals surface area contributed by atoms with Gasteiger partial charge in [-0.2, -0.15) is 0 Å². The molecule has 3 nitrogen and oxygen atoms in total. The summed E-state index contributed by atoms with van der Waals surface area (Å²) in [5.74, 6) is -0.420. The lowest BCUT2D eigenvalue weighted by molar-refractivity contribution is 0.0733. The van der Waals surface area contributed by atoms with Crippen LogP contribution in [0.2, 0.25) is 0 Å². The Morgan fingerprint density at radius 3 is 2.67 bits per heavy atom. The third-order valence-electron chi connectivity index (χ3n) is 3.75. The summed E-state index contributed by atoms with van der Waals surface area (Å²) >= 11 is 0. The van der Waals surface area contributed by atoms with Crippen molar-refractivity contribution in [3.05, 3.63) is 71.9 Å². The normalized spacial score (nSPS) is 14.0. The van der Waals surface area contributed by atoms with E-state index in [0.29, 0.717) is 12.1 Å². The van der Waals surface area contributed by atoms with Crippen LogP contribution < -0.4 is 0 Å². The van der Waals surface area contributed by atoms with Gasteiger partial charge in [0, 0.05) is 11.6 Å². The lowest BCUT2D eigenvalue weighted by Gasteiger charge is -2.28. The number of fused-ring (bicyclic) bond motifs is 1. The van der Waals surface area contributed by atoms with Crippen LogP contribution in [0.1, 0.15) is 24.6 Å². The van der Waals surface area contributed by atoms with E-state index in [9.17, 15) is 9.50 Å². The van der Waals surface area contributed by atoms with E-state index in [1.54, 1.807) is 6.20 Å². The molecule has 1 atom stereocenters. The third kappa shape index (κ3) is 2.28. The Balaban J connectivity index is 2.24. The Kier molecular flexibility index (Phi) is 3.39. The second kappa shape index (κ2) is 5.22. The molecule has 0 aliphatic heterocycles. The van der Waals surface area contributed by atoms with Crippen molar-refractivity contribution >= 4 is 10.9 Å². The lowest BCUT2D eigenvalue weighted by atomic mass is 9.85. The third-order valence-corrected chi connectivity index (χ3v) is 3.75. The van der Waals surface area contributed by atoms with Gasteiger partial charge in [-0.25, -0.2) is 4.39 Å². The predicted octanol–water partition coefficient (Wildman–Crippen LogP) is 3.41. The molecule has 2 heterocycles. The maximum absolute atomic E-state index is 13.1. The molecule has 4 heteroatoms. The standard InChI is InChI=1S/C17H15FN2O/c1-2-17(21,16-9-8-12(18)11-20-16)14-6-3-7-15-13(14)5-4-10-19-15/h3-11,21H,2H2,1H3. The fourth-order valence-electron chi connectivity index (χ4n) is 2.59. The van der Waals surface area contributed by atoms with Gasteiger partial charge >= 0.3 is 0 Å². The van der Waals surface area contributed by atoms with Gasteiger partial charge in [0.05, 0.1) is 17.4 Å². The highest BCUT2D eigenvalue weighted by Gasteiger charge is 2.32. The molecule has 0 aliphatic rings. The minimum absolute atomic E-state index is 0.420. The number of hydrogen-bond donors (Lipinski definition) is 1. The maximum atomic E-state index is 13.1. The molecule has 0 spiro atoms. The molecular weight excluding hydrogens is 267 g/mol. The van der Waals surface area contributed by atoms with E-state index in [-0.39, 0.29) is 0 Å². The first-order valence-electron chi connectivity index (χ1n) is 6.84. The zero-order valence-corrected chi connectivity index (χ0v) is 11.6. The van der Waals surface area contributed by atoms with E-state index >= 15 is 0 Å². The molecule has 106 valence electrons. The summed E-state index contributed by atoms with van der Waals surface area (Å²) in [6.45, 7) is 1.88. The number of aliphatic hydroxyl groups is 1. The maximum Gasteiger partial charge on any atom is 0.141 e. The molecule has 1 N–H and O–H groups in total. The van der Waals surface area contributed by atoms with Crippen molar-refractivity contribution in [2.45, 2.75) is 18.9 Å². The first-order chi connectivity index (χ1) is 10.1. The summed E-state index contributed by atoms with van der Waals surface area (Å²) in [5.41, 5.74) is 0.706. The van der Waals surface area contributed by atoms with Gasteiger partial charge in [0.15, 0.2) is 0 Å². The lowest BCUT2D eigenvalue weighted by Crippen LogP contribution is -2.28. The summed E-state index contributed by atoms with van der Waals surface area (Å²) in [7, 11) is 0. The molecule has 0 aliphatic carbocycles. The molecule has 0 amide bonds. The Morgan fingerprint density at radius 1 is 1.10 bits per heavy atom. The van der Waals surface area contributed by atoms with Gasteiger partial charge in [-0.1, -0.05) is 25.1 Å². The van der Waals surface area contributed by atoms with Crippen molar-refractivity contribution < 1.29 is 9.50 Å². The number of aromatic nitrogens is 2. The molecule has 0 saturated carbocycles. The Hall–Kier alpha value is -2.33. The minimum atomic E-state index is -1.27. The van der Waals surface area contributed by atoms with Crippen molar-refractivity contribution in [1.29, 1.82) is 0 Å². The van der Waals surface area contributed by atoms with Crippen LogP contribution >= 0.6 is 0 Å². The molecule has 3 aromatic rings. The number of pyridine rings is 2. The summed E-state index contributed by atoms with van der Waals surface area (Å²) in [5, 5.41) is 12.0. The predicted molar refractivity (Wildman–Crippen MR) is 79.2 cm³/mol. The van der Waals surface area contributed by atoms with Crippen LogP contribution in [0.4, 0.5) is 4.39 Å². The first kappa shape index (κ1) is 13.6. The van der Waals surface area contributed by atoms with Gasteiger partial charge in [-0.15, -0.1) is 0 Å². The highest BCUT2D eigenvalue weighted by Crippen LogP contribution is 2.35. The van der Waals surface area contributed by atoms with Gasteiger partial charge in [0.25, 0.3) is 0 Å². The van der Waals surface area contributed by atoms with Crippen LogP contribution in [0.25, 0.3) is 10.9 Å². The van der Waals surface area contributed by atoms with E-state index < -0.39 is 11.4 Å². The Bertz CT molecular complexity index is 768. The molecule has 1 unspecified atom stereocenters. The molecule has 21 heavy (non-hydrogen) atoms. The highest BCUT2D eigenvalue weighted by molar-refractivity contribution is 5.83. The van der Waals surface area contributed by atoms with Gasteiger partial charge in [-0.3, -0.25) is 9.97 Å². The van der Waals surface area contributed by atoms with Crippen molar-refractivity contribution in [3.63, 3.8) is 0 Å². The molecule has 2 aromatic heterocycles. The Morgan fingerprint density at radius 2 is 1.95 bits per heavy atom. The zero-order valence-electron chi connectivity index (χ0n) is 11.6. The van der Waals surface area contributed by atoms with Gasteiger partial charge in [-0.05, 0) is 36.2 Å². The number of rotatable bonds is 3. The van der Waals surface area contributed by atoms with E-state index in [2.05, 4.69) is 9.97 Å². The molecular formula is C17H15FN2O. The van der Waals surface area contributed by atoms with Gasteiger partial charge in [0.1, 0.15) is 11.4 Å². The number of benzene rings is 1. The quantitative estimate of drug-likeness (QED) is 0.800. The second-order valence-electron chi connectivity index (χ2n) is 4.95. The average Bonchev–Trinajstić information content (AvgIpc) is 2.54. The number of halogens is 1. The summed E-state index contributed by atoms with van der Waals surface area (Å²) in [6, 6.07) is 12.2. The van der Waals surface area contributed by atoms with Crippen molar-refractivity contribution in [1.82, 2.24) is 9.97 Å². The van der Waals surface area contributed by atoms with E-state index in [1.807, 2.05) is 37.3 Å². The topological polar surface area (TPSA) is 46.0 Å².